The molecule has 0 saturated heterocycles. The Balaban J connectivity index is 1.66. The number of carbonyl (C=O) groups is 1. The molecule has 0 amide bonds. The molecule has 2 aromatic carbocycles. The van der Waals surface area contributed by atoms with Crippen LogP contribution < -0.4 is 10.5 Å². The summed E-state index contributed by atoms with van der Waals surface area (Å²) >= 11 is 6.19. The van der Waals surface area contributed by atoms with Crippen molar-refractivity contribution in [2.45, 2.75) is 45.2 Å². The van der Waals surface area contributed by atoms with Gasteiger partial charge >= 0.3 is 5.97 Å². The number of pyridine rings is 1. The first kappa shape index (κ1) is 22.2. The van der Waals surface area contributed by atoms with Crippen molar-refractivity contribution in [2.24, 2.45) is 0 Å². The highest BCUT2D eigenvalue weighted by atomic mass is 35.5. The van der Waals surface area contributed by atoms with Gasteiger partial charge in [0.1, 0.15) is 0 Å². The minimum absolute atomic E-state index is 0.0334. The van der Waals surface area contributed by atoms with E-state index in [4.69, 9.17) is 16.7 Å². The quantitative estimate of drug-likeness (QED) is 0.508. The number of carboxylic acids is 1. The van der Waals surface area contributed by atoms with Crippen LogP contribution in [-0.2, 0) is 19.5 Å². The third-order valence-electron chi connectivity index (χ3n) is 6.09. The van der Waals surface area contributed by atoms with E-state index in [1.807, 2.05) is 54.9 Å². The Morgan fingerprint density at radius 2 is 1.88 bits per heavy atom. The van der Waals surface area contributed by atoms with Crippen LogP contribution in [0.3, 0.4) is 0 Å². The van der Waals surface area contributed by atoms with Gasteiger partial charge in [-0.1, -0.05) is 29.8 Å². The van der Waals surface area contributed by atoms with E-state index in [1.54, 1.807) is 12.1 Å². The van der Waals surface area contributed by atoms with Gasteiger partial charge in [0.2, 0.25) is 0 Å². The molecule has 0 aliphatic heterocycles. The molecule has 32 heavy (non-hydrogen) atoms. The van der Waals surface area contributed by atoms with Gasteiger partial charge in [-0.25, -0.2) is 4.79 Å². The number of hydrogen-bond acceptors (Lipinski definition) is 3. The topological polar surface area (TPSA) is 62.5 Å². The number of aryl methyl sites for hydroxylation is 2. The number of anilines is 1. The number of nitrogens with zero attached hydrogens (tertiary/aromatic N) is 2. The normalized spacial score (nSPS) is 13.2. The van der Waals surface area contributed by atoms with E-state index >= 15 is 0 Å². The smallest absolute Gasteiger partial charge is 0.335 e. The number of benzene rings is 2. The summed E-state index contributed by atoms with van der Waals surface area (Å²) in [5.74, 6) is -0.426. The molecule has 0 unspecified atom stereocenters. The number of aromatic nitrogens is 1. The molecule has 1 N–H and O–H groups in total. The van der Waals surface area contributed by atoms with Gasteiger partial charge in [0, 0.05) is 35.6 Å². The molecule has 3 aromatic rings. The van der Waals surface area contributed by atoms with Gasteiger partial charge in [-0.15, -0.1) is 0 Å². The van der Waals surface area contributed by atoms with Gasteiger partial charge in [0.15, 0.2) is 0 Å². The van der Waals surface area contributed by atoms with Gasteiger partial charge in [-0.05, 0) is 79.6 Å². The molecule has 0 spiro atoms. The van der Waals surface area contributed by atoms with E-state index in [-0.39, 0.29) is 11.1 Å². The maximum Gasteiger partial charge on any atom is 0.335 e. The van der Waals surface area contributed by atoms with Crippen LogP contribution in [0.1, 0.15) is 51.5 Å². The van der Waals surface area contributed by atoms with Gasteiger partial charge < -0.3 is 14.6 Å². The zero-order valence-corrected chi connectivity index (χ0v) is 19.1. The molecule has 1 heterocycles. The maximum absolute atomic E-state index is 13.2. The van der Waals surface area contributed by atoms with E-state index in [1.165, 1.54) is 5.56 Å². The number of hydrogen-bond donors (Lipinski definition) is 1. The molecule has 6 heteroatoms. The number of rotatable bonds is 8. The summed E-state index contributed by atoms with van der Waals surface area (Å²) < 4.78 is 1.91. The average molecular weight is 451 g/mol. The highest BCUT2D eigenvalue weighted by Gasteiger charge is 2.29. The van der Waals surface area contributed by atoms with Gasteiger partial charge in [-0.2, -0.15) is 0 Å². The number of halogens is 1. The van der Waals surface area contributed by atoms with Crippen LogP contribution >= 0.6 is 11.6 Å². The minimum atomic E-state index is -0.938. The zero-order valence-electron chi connectivity index (χ0n) is 18.3. The second-order valence-corrected chi connectivity index (χ2v) is 8.98. The van der Waals surface area contributed by atoms with Crippen molar-refractivity contribution in [1.29, 1.82) is 0 Å². The molecular formula is C26H27ClN2O3. The standard InChI is InChI=1S/C26H27ClN2O3/c1-17-14-23(19-10-11-19)24(16-28(2)22-5-3-4-21(27)15-22)29(25(17)30)13-12-18-6-8-20(9-7-18)26(31)32/h3-9,14-15,19H,10-13,16H2,1-2H3,(H,31,32). The summed E-state index contributed by atoms with van der Waals surface area (Å²) in [7, 11) is 2.02. The van der Waals surface area contributed by atoms with Gasteiger partial charge in [0.05, 0.1) is 12.1 Å². The van der Waals surface area contributed by atoms with Crippen molar-refractivity contribution in [1.82, 2.24) is 4.57 Å². The molecule has 1 aliphatic carbocycles. The lowest BCUT2D eigenvalue weighted by atomic mass is 10.0. The molecule has 1 saturated carbocycles. The molecule has 1 aromatic heterocycles. The lowest BCUT2D eigenvalue weighted by Crippen LogP contribution is -2.31. The fourth-order valence-corrected chi connectivity index (χ4v) is 4.30. The third-order valence-corrected chi connectivity index (χ3v) is 6.33. The largest absolute Gasteiger partial charge is 0.478 e. The second-order valence-electron chi connectivity index (χ2n) is 8.55. The van der Waals surface area contributed by atoms with Crippen LogP contribution in [0.5, 0.6) is 0 Å². The van der Waals surface area contributed by atoms with E-state index in [0.717, 1.165) is 35.3 Å². The Labute approximate surface area is 192 Å². The molecular weight excluding hydrogens is 424 g/mol. The monoisotopic (exact) mass is 450 g/mol. The summed E-state index contributed by atoms with van der Waals surface area (Å²) in [6.07, 6.45) is 2.96. The van der Waals surface area contributed by atoms with Crippen molar-refractivity contribution in [2.75, 3.05) is 11.9 Å². The second kappa shape index (κ2) is 9.21. The molecule has 0 radical (unpaired) electrons. The van der Waals surface area contributed by atoms with Gasteiger partial charge in [-0.3, -0.25) is 4.79 Å². The van der Waals surface area contributed by atoms with Crippen LogP contribution in [0.4, 0.5) is 5.69 Å². The lowest BCUT2D eigenvalue weighted by Gasteiger charge is -2.25. The Hall–Kier alpha value is -3.05. The molecule has 0 bridgehead atoms. The van der Waals surface area contributed by atoms with Crippen LogP contribution in [-0.4, -0.2) is 22.7 Å². The van der Waals surface area contributed by atoms with Crippen molar-refractivity contribution in [3.8, 4) is 0 Å². The van der Waals surface area contributed by atoms with Gasteiger partial charge in [0.25, 0.3) is 5.56 Å². The van der Waals surface area contributed by atoms with Crippen LogP contribution in [0.15, 0.2) is 59.4 Å². The number of aromatic carboxylic acids is 1. The third kappa shape index (κ3) is 4.89. The zero-order chi connectivity index (χ0) is 22.8. The molecule has 4 rings (SSSR count). The van der Waals surface area contributed by atoms with Crippen molar-refractivity contribution < 1.29 is 9.90 Å². The fraction of sp³-hybridized carbons (Fsp3) is 0.308. The van der Waals surface area contributed by atoms with E-state index < -0.39 is 5.97 Å². The summed E-state index contributed by atoms with van der Waals surface area (Å²) in [5.41, 5.74) is 5.38. The molecule has 0 atom stereocenters. The molecule has 5 nitrogen and oxygen atoms in total. The fourth-order valence-electron chi connectivity index (χ4n) is 4.11. The predicted molar refractivity (Wildman–Crippen MR) is 128 cm³/mol. The first-order chi connectivity index (χ1) is 15.3. The van der Waals surface area contributed by atoms with E-state index in [2.05, 4.69) is 11.0 Å². The highest BCUT2D eigenvalue weighted by Crippen LogP contribution is 2.42. The summed E-state index contributed by atoms with van der Waals surface area (Å²) in [4.78, 5) is 26.4. The Morgan fingerprint density at radius 1 is 1.16 bits per heavy atom. The van der Waals surface area contributed by atoms with Crippen LogP contribution in [0, 0.1) is 6.92 Å². The SMILES string of the molecule is Cc1cc(C2CC2)c(CN(C)c2cccc(Cl)c2)n(CCc2ccc(C(=O)O)cc2)c1=O. The molecule has 1 fully saturated rings. The molecule has 1 aliphatic rings. The Morgan fingerprint density at radius 3 is 2.50 bits per heavy atom. The maximum atomic E-state index is 13.2. The minimum Gasteiger partial charge on any atom is -0.478 e. The van der Waals surface area contributed by atoms with Crippen LogP contribution in [0.25, 0.3) is 0 Å². The molecule has 166 valence electrons. The van der Waals surface area contributed by atoms with E-state index in [9.17, 15) is 9.59 Å². The Bertz CT molecular complexity index is 1200. The van der Waals surface area contributed by atoms with E-state index in [0.29, 0.717) is 30.5 Å². The summed E-state index contributed by atoms with van der Waals surface area (Å²) in [6, 6.07) is 16.7. The van der Waals surface area contributed by atoms with Crippen molar-refractivity contribution in [3.63, 3.8) is 0 Å². The Kier molecular flexibility index (Phi) is 6.38. The average Bonchev–Trinajstić information content (AvgIpc) is 3.61. The predicted octanol–water partition coefficient (Wildman–Crippen LogP) is 5.26. The van der Waals surface area contributed by atoms with Crippen molar-refractivity contribution >= 4 is 23.3 Å². The van der Waals surface area contributed by atoms with Crippen molar-refractivity contribution in [3.05, 3.63) is 97.9 Å². The first-order valence-electron chi connectivity index (χ1n) is 10.9. The highest BCUT2D eigenvalue weighted by molar-refractivity contribution is 6.30. The summed E-state index contributed by atoms with van der Waals surface area (Å²) in [5, 5.41) is 9.80. The van der Waals surface area contributed by atoms with Crippen LogP contribution in [0.2, 0.25) is 5.02 Å². The summed E-state index contributed by atoms with van der Waals surface area (Å²) in [6.45, 7) is 3.04. The first-order valence-corrected chi connectivity index (χ1v) is 11.2. The number of carboxylic acid groups (broad SMARTS) is 1. The lowest BCUT2D eigenvalue weighted by molar-refractivity contribution is 0.0697.